The van der Waals surface area contributed by atoms with Gasteiger partial charge in [0.05, 0.1) is 12.6 Å². The second-order valence-corrected chi connectivity index (χ2v) is 5.96. The highest BCUT2D eigenvalue weighted by atomic mass is 15.3. The molecule has 3 aromatic rings. The van der Waals surface area contributed by atoms with Crippen LogP contribution in [0.15, 0.2) is 61.2 Å². The smallest absolute Gasteiger partial charge is 0.137 e. The number of hydrogen-bond acceptors (Lipinski definition) is 3. The van der Waals surface area contributed by atoms with Crippen LogP contribution < -0.4 is 5.32 Å². The molecular weight excluding hydrogens is 284 g/mol. The third-order valence-corrected chi connectivity index (χ3v) is 3.87. The van der Waals surface area contributed by atoms with Gasteiger partial charge in [-0.05, 0) is 25.0 Å². The minimum Gasteiger partial charge on any atom is -0.304 e. The van der Waals surface area contributed by atoms with E-state index in [1.54, 1.807) is 12.7 Å². The van der Waals surface area contributed by atoms with Crippen LogP contribution in [0.1, 0.15) is 28.3 Å². The zero-order valence-electron chi connectivity index (χ0n) is 13.6. The van der Waals surface area contributed by atoms with Gasteiger partial charge in [-0.2, -0.15) is 5.10 Å². The summed E-state index contributed by atoms with van der Waals surface area (Å²) in [4.78, 5) is 4.03. The standard InChI is InChI=1S/C19H22N4/c1-15-8-16(2)10-17(9-15)11-21-19(12-23-14-20-13-22-23)18-6-4-3-5-7-18/h3-10,13-14,19,21H,11-12H2,1-2H3. The van der Waals surface area contributed by atoms with Crippen LogP contribution >= 0.6 is 0 Å². The Kier molecular flexibility index (Phi) is 4.83. The lowest BCUT2D eigenvalue weighted by atomic mass is 10.0. The van der Waals surface area contributed by atoms with Gasteiger partial charge in [-0.15, -0.1) is 0 Å². The molecule has 0 spiro atoms. The molecule has 0 saturated heterocycles. The van der Waals surface area contributed by atoms with Crippen molar-refractivity contribution in [2.24, 2.45) is 0 Å². The number of nitrogens with one attached hydrogen (secondary N) is 1. The van der Waals surface area contributed by atoms with E-state index < -0.39 is 0 Å². The van der Waals surface area contributed by atoms with Gasteiger partial charge in [-0.3, -0.25) is 4.68 Å². The van der Waals surface area contributed by atoms with Crippen molar-refractivity contribution in [1.82, 2.24) is 20.1 Å². The number of hydrogen-bond donors (Lipinski definition) is 1. The molecule has 1 aromatic heterocycles. The number of nitrogens with zero attached hydrogens (tertiary/aromatic N) is 3. The van der Waals surface area contributed by atoms with Gasteiger partial charge in [0.15, 0.2) is 0 Å². The predicted octanol–water partition coefficient (Wildman–Crippen LogP) is 3.43. The number of aryl methyl sites for hydroxylation is 2. The van der Waals surface area contributed by atoms with Crippen LogP contribution in [0.4, 0.5) is 0 Å². The Morgan fingerprint density at radius 2 is 1.78 bits per heavy atom. The first-order valence-corrected chi connectivity index (χ1v) is 7.88. The Balaban J connectivity index is 1.75. The summed E-state index contributed by atoms with van der Waals surface area (Å²) in [6.07, 6.45) is 3.33. The minimum absolute atomic E-state index is 0.193. The molecule has 1 atom stereocenters. The van der Waals surface area contributed by atoms with Crippen LogP contribution in [-0.4, -0.2) is 14.8 Å². The average molecular weight is 306 g/mol. The molecule has 0 bridgehead atoms. The predicted molar refractivity (Wildman–Crippen MR) is 92.0 cm³/mol. The molecule has 3 rings (SSSR count). The topological polar surface area (TPSA) is 42.7 Å². The van der Waals surface area contributed by atoms with Gasteiger partial charge in [0.25, 0.3) is 0 Å². The lowest BCUT2D eigenvalue weighted by Crippen LogP contribution is -2.25. The Labute approximate surface area is 137 Å². The van der Waals surface area contributed by atoms with Gasteiger partial charge >= 0.3 is 0 Å². The van der Waals surface area contributed by atoms with E-state index in [1.807, 2.05) is 10.7 Å². The number of rotatable bonds is 6. The SMILES string of the molecule is Cc1cc(C)cc(CNC(Cn2cncn2)c2ccccc2)c1. The number of aromatic nitrogens is 3. The molecular formula is C19H22N4. The van der Waals surface area contributed by atoms with E-state index in [9.17, 15) is 0 Å². The quantitative estimate of drug-likeness (QED) is 0.759. The second-order valence-electron chi connectivity index (χ2n) is 5.96. The molecule has 0 radical (unpaired) electrons. The highest BCUT2D eigenvalue weighted by molar-refractivity contribution is 5.28. The molecule has 1 unspecified atom stereocenters. The van der Waals surface area contributed by atoms with E-state index in [0.29, 0.717) is 0 Å². The molecule has 0 aliphatic carbocycles. The maximum absolute atomic E-state index is 4.23. The highest BCUT2D eigenvalue weighted by Crippen LogP contribution is 2.16. The first-order valence-electron chi connectivity index (χ1n) is 7.88. The van der Waals surface area contributed by atoms with E-state index in [1.165, 1.54) is 22.3 Å². The van der Waals surface area contributed by atoms with Crippen LogP contribution in [0.25, 0.3) is 0 Å². The lowest BCUT2D eigenvalue weighted by molar-refractivity contribution is 0.436. The van der Waals surface area contributed by atoms with Gasteiger partial charge in [-0.1, -0.05) is 59.7 Å². The lowest BCUT2D eigenvalue weighted by Gasteiger charge is -2.19. The maximum atomic E-state index is 4.23. The summed E-state index contributed by atoms with van der Waals surface area (Å²) in [6.45, 7) is 5.87. The van der Waals surface area contributed by atoms with E-state index >= 15 is 0 Å². The molecule has 2 aromatic carbocycles. The monoisotopic (exact) mass is 306 g/mol. The molecule has 0 saturated carbocycles. The Bertz CT molecular complexity index is 715. The van der Waals surface area contributed by atoms with Crippen LogP contribution in [-0.2, 0) is 13.1 Å². The normalized spacial score (nSPS) is 12.3. The van der Waals surface area contributed by atoms with Gasteiger partial charge in [-0.25, -0.2) is 4.98 Å². The van der Waals surface area contributed by atoms with E-state index in [2.05, 4.69) is 71.7 Å². The summed E-state index contributed by atoms with van der Waals surface area (Å²) in [7, 11) is 0. The van der Waals surface area contributed by atoms with Crippen molar-refractivity contribution in [1.29, 1.82) is 0 Å². The molecule has 118 valence electrons. The molecule has 0 amide bonds. The zero-order chi connectivity index (χ0) is 16.1. The molecule has 23 heavy (non-hydrogen) atoms. The van der Waals surface area contributed by atoms with Crippen LogP contribution in [0.5, 0.6) is 0 Å². The molecule has 4 heteroatoms. The van der Waals surface area contributed by atoms with Crippen LogP contribution in [0.2, 0.25) is 0 Å². The number of benzene rings is 2. The summed E-state index contributed by atoms with van der Waals surface area (Å²) in [6, 6.07) is 17.3. The Morgan fingerprint density at radius 1 is 1.04 bits per heavy atom. The molecule has 1 N–H and O–H groups in total. The average Bonchev–Trinajstić information content (AvgIpc) is 3.04. The molecule has 4 nitrogen and oxygen atoms in total. The summed E-state index contributed by atoms with van der Waals surface area (Å²) < 4.78 is 1.87. The third kappa shape index (κ3) is 4.27. The van der Waals surface area contributed by atoms with Crippen LogP contribution in [0.3, 0.4) is 0 Å². The largest absolute Gasteiger partial charge is 0.304 e. The highest BCUT2D eigenvalue weighted by Gasteiger charge is 2.12. The third-order valence-electron chi connectivity index (χ3n) is 3.87. The van der Waals surface area contributed by atoms with E-state index in [4.69, 9.17) is 0 Å². The van der Waals surface area contributed by atoms with E-state index in [-0.39, 0.29) is 6.04 Å². The molecule has 1 heterocycles. The molecule has 0 aliphatic heterocycles. The summed E-state index contributed by atoms with van der Waals surface area (Å²) in [5.41, 5.74) is 5.16. The molecule has 0 fully saturated rings. The second kappa shape index (κ2) is 7.20. The van der Waals surface area contributed by atoms with Gasteiger partial charge in [0.2, 0.25) is 0 Å². The molecule has 0 aliphatic rings. The van der Waals surface area contributed by atoms with Crippen molar-refractivity contribution in [3.8, 4) is 0 Å². The van der Waals surface area contributed by atoms with E-state index in [0.717, 1.165) is 13.1 Å². The fourth-order valence-corrected chi connectivity index (χ4v) is 2.90. The Hall–Kier alpha value is -2.46. The van der Waals surface area contributed by atoms with Crippen molar-refractivity contribution in [3.63, 3.8) is 0 Å². The Morgan fingerprint density at radius 3 is 2.43 bits per heavy atom. The minimum atomic E-state index is 0.193. The van der Waals surface area contributed by atoms with Crippen molar-refractivity contribution in [2.75, 3.05) is 0 Å². The van der Waals surface area contributed by atoms with Gasteiger partial charge in [0, 0.05) is 6.54 Å². The summed E-state index contributed by atoms with van der Waals surface area (Å²) in [5, 5.41) is 7.89. The fraction of sp³-hybridized carbons (Fsp3) is 0.263. The van der Waals surface area contributed by atoms with Crippen molar-refractivity contribution < 1.29 is 0 Å². The first-order chi connectivity index (χ1) is 11.2. The maximum Gasteiger partial charge on any atom is 0.137 e. The first kappa shape index (κ1) is 15.4. The van der Waals surface area contributed by atoms with Crippen molar-refractivity contribution in [2.45, 2.75) is 33.0 Å². The van der Waals surface area contributed by atoms with Crippen molar-refractivity contribution in [3.05, 3.63) is 83.4 Å². The zero-order valence-corrected chi connectivity index (χ0v) is 13.6. The fourth-order valence-electron chi connectivity index (χ4n) is 2.90. The van der Waals surface area contributed by atoms with Gasteiger partial charge in [0.1, 0.15) is 12.7 Å². The summed E-state index contributed by atoms with van der Waals surface area (Å²) in [5.74, 6) is 0. The summed E-state index contributed by atoms with van der Waals surface area (Å²) >= 11 is 0. The van der Waals surface area contributed by atoms with Gasteiger partial charge < -0.3 is 5.32 Å². The van der Waals surface area contributed by atoms with Crippen LogP contribution in [0, 0.1) is 13.8 Å². The van der Waals surface area contributed by atoms with Crippen molar-refractivity contribution >= 4 is 0 Å².